The van der Waals surface area contributed by atoms with E-state index in [0.29, 0.717) is 22.3 Å². The van der Waals surface area contributed by atoms with E-state index in [1.807, 2.05) is 12.1 Å². The topological polar surface area (TPSA) is 91.5 Å². The number of H-pyrrole nitrogens is 2. The number of hydrogen-bond donors (Lipinski definition) is 2. The van der Waals surface area contributed by atoms with Crippen LogP contribution in [0.15, 0.2) is 162 Å². The van der Waals surface area contributed by atoms with Gasteiger partial charge < -0.3 is 9.97 Å². The van der Waals surface area contributed by atoms with Gasteiger partial charge in [-0.05, 0) is 134 Å². The lowest BCUT2D eigenvalue weighted by Crippen LogP contribution is -2.37. The smallest absolute Gasteiger partial charge is 0.186 e. The summed E-state index contributed by atoms with van der Waals surface area (Å²) in [4.78, 5) is 47.5. The second-order valence-corrected chi connectivity index (χ2v) is 19.2. The van der Waals surface area contributed by atoms with Crippen molar-refractivity contribution >= 4 is 57.9 Å². The van der Waals surface area contributed by atoms with Gasteiger partial charge in [0.2, 0.25) is 0 Å². The monoisotopic (exact) mass is 890 g/mol. The van der Waals surface area contributed by atoms with Gasteiger partial charge in [-0.2, -0.15) is 0 Å². The number of fused-ring (bicyclic) bond motifs is 8. The largest absolute Gasteiger partial charge is 0.354 e. The lowest BCUT2D eigenvalue weighted by Gasteiger charge is -2.44. The third-order valence-corrected chi connectivity index (χ3v) is 15.0. The Labute approximate surface area is 400 Å². The predicted octanol–water partition coefficient (Wildman–Crippen LogP) is 14.6. The molecule has 0 saturated heterocycles. The third kappa shape index (κ3) is 6.25. The highest BCUT2D eigenvalue weighted by Gasteiger charge is 2.49. The standard InChI is InChI=1S/C63H46N4O2/c1-33-10-16-38(17-11-33)54-46-24-26-48(64-46)55(39-18-12-34(2)13-19-39)50-28-30-52(66-50)57(53-31-29-51(67-53)56(49-27-25-47(54)65-49)40-20-14-35(3)15-21-40)41-22-23-44-45(32-41)59-43-9-7-6-8-42(43)58(44)60-61(59)63(69)37(5)36(4)62(60)68/h6-32,58-59,64,67H,1-5H3. The summed E-state index contributed by atoms with van der Waals surface area (Å²) in [5, 5.41) is 0. The number of aryl methyl sites for hydroxylation is 3. The maximum atomic E-state index is 14.4. The molecule has 2 aliphatic heterocycles. The zero-order chi connectivity index (χ0) is 46.8. The van der Waals surface area contributed by atoms with Crippen LogP contribution in [0.2, 0.25) is 0 Å². The van der Waals surface area contributed by atoms with E-state index in [9.17, 15) is 9.59 Å². The van der Waals surface area contributed by atoms with Gasteiger partial charge in [-0.3, -0.25) is 9.59 Å². The van der Waals surface area contributed by atoms with E-state index in [0.717, 1.165) is 112 Å². The number of allylic oxidation sites excluding steroid dienone is 4. The summed E-state index contributed by atoms with van der Waals surface area (Å²) < 4.78 is 0. The molecule has 0 amide bonds. The summed E-state index contributed by atoms with van der Waals surface area (Å²) in [5.74, 6) is -0.766. The van der Waals surface area contributed by atoms with E-state index in [1.54, 1.807) is 13.8 Å². The van der Waals surface area contributed by atoms with Gasteiger partial charge in [0.1, 0.15) is 0 Å². The summed E-state index contributed by atoms with van der Waals surface area (Å²) in [6, 6.07) is 49.6. The molecule has 8 aromatic rings. The summed E-state index contributed by atoms with van der Waals surface area (Å²) >= 11 is 0. The SMILES string of the molecule is CC1=C(C)C(=O)C2=C(C1=O)C1c3ccccc3C2c2cc(-c3c4nc(c(-c5ccc(C)cc5)c5ccc([nH]5)c(-c5ccc(C)cc5)c5nc(c(-c6ccc(C)cc6)c6ccc3[nH]6)C=C5)C=C4)ccc21. The van der Waals surface area contributed by atoms with Crippen LogP contribution in [-0.4, -0.2) is 31.5 Å². The fraction of sp³-hybridized carbons (Fsp3) is 0.111. The maximum absolute atomic E-state index is 14.4. The number of nitrogens with one attached hydrogen (secondary N) is 2. The lowest BCUT2D eigenvalue weighted by molar-refractivity contribution is -0.117. The van der Waals surface area contributed by atoms with Gasteiger partial charge in [0.05, 0.1) is 22.8 Å². The Morgan fingerprint density at radius 2 is 0.681 bits per heavy atom. The molecular weight excluding hydrogens is 845 g/mol. The second-order valence-electron chi connectivity index (χ2n) is 19.2. The molecule has 0 spiro atoms. The van der Waals surface area contributed by atoms with Gasteiger partial charge in [0.25, 0.3) is 0 Å². The summed E-state index contributed by atoms with van der Waals surface area (Å²) in [6.07, 6.45) is 8.53. The van der Waals surface area contributed by atoms with Crippen molar-refractivity contribution in [2.75, 3.05) is 0 Å². The quantitative estimate of drug-likeness (QED) is 0.172. The van der Waals surface area contributed by atoms with Crippen LogP contribution in [-0.2, 0) is 9.59 Å². The molecule has 14 rings (SSSR count). The number of hydrogen-bond acceptors (Lipinski definition) is 4. The highest BCUT2D eigenvalue weighted by Crippen LogP contribution is 2.58. The zero-order valence-corrected chi connectivity index (χ0v) is 39.0. The number of Topliss-reactive ketones (excluding diaryl/α,β-unsaturated/α-hetero) is 2. The first kappa shape index (κ1) is 40.8. The van der Waals surface area contributed by atoms with E-state index in [4.69, 9.17) is 9.97 Å². The number of benzene rings is 5. The Hall–Kier alpha value is -8.48. The van der Waals surface area contributed by atoms with Crippen LogP contribution in [0.1, 0.15) is 87.4 Å². The van der Waals surface area contributed by atoms with Crippen molar-refractivity contribution in [3.63, 3.8) is 0 Å². The molecule has 2 N–H and O–H groups in total. The Kier molecular flexibility index (Phi) is 9.02. The van der Waals surface area contributed by atoms with E-state index in [-0.39, 0.29) is 23.4 Å². The van der Waals surface area contributed by atoms with Crippen LogP contribution < -0.4 is 0 Å². The first-order valence-corrected chi connectivity index (χ1v) is 23.7. The molecule has 0 fully saturated rings. The molecule has 5 aromatic carbocycles. The fourth-order valence-corrected chi connectivity index (χ4v) is 11.4. The zero-order valence-electron chi connectivity index (χ0n) is 39.0. The van der Waals surface area contributed by atoms with Crippen molar-refractivity contribution in [3.05, 3.63) is 224 Å². The molecule has 2 atom stereocenters. The van der Waals surface area contributed by atoms with Crippen LogP contribution in [0.3, 0.4) is 0 Å². The number of nitrogens with zero attached hydrogens (tertiary/aromatic N) is 2. The fourth-order valence-electron chi connectivity index (χ4n) is 11.4. The molecule has 10 bridgehead atoms. The highest BCUT2D eigenvalue weighted by molar-refractivity contribution is 6.27. The first-order chi connectivity index (χ1) is 33.6. The number of ketones is 2. The Morgan fingerprint density at radius 1 is 0.362 bits per heavy atom. The van der Waals surface area contributed by atoms with Gasteiger partial charge in [0, 0.05) is 78.4 Å². The first-order valence-electron chi connectivity index (χ1n) is 23.7. The van der Waals surface area contributed by atoms with Gasteiger partial charge in [-0.25, -0.2) is 9.97 Å². The maximum Gasteiger partial charge on any atom is 0.186 e. The average Bonchev–Trinajstić information content (AvgIpc) is 4.23. The number of carbonyl (C=O) groups excluding carboxylic acids is 2. The van der Waals surface area contributed by atoms with Crippen LogP contribution >= 0.6 is 0 Å². The molecule has 6 nitrogen and oxygen atoms in total. The summed E-state index contributed by atoms with van der Waals surface area (Å²) in [5.41, 5.74) is 25.3. The minimum atomic E-state index is -0.380. The molecule has 5 heterocycles. The van der Waals surface area contributed by atoms with Crippen LogP contribution in [0, 0.1) is 20.8 Å². The van der Waals surface area contributed by atoms with Gasteiger partial charge in [-0.15, -0.1) is 0 Å². The number of aromatic amines is 2. The van der Waals surface area contributed by atoms with Gasteiger partial charge >= 0.3 is 0 Å². The molecule has 0 saturated carbocycles. The van der Waals surface area contributed by atoms with E-state index < -0.39 is 0 Å². The van der Waals surface area contributed by atoms with Crippen LogP contribution in [0.4, 0.5) is 0 Å². The Bertz CT molecular complexity index is 3860. The van der Waals surface area contributed by atoms with Crippen LogP contribution in [0.5, 0.6) is 0 Å². The number of rotatable bonds is 4. The Balaban J connectivity index is 1.13. The van der Waals surface area contributed by atoms with Crippen molar-refractivity contribution in [2.45, 2.75) is 46.5 Å². The predicted molar refractivity (Wildman–Crippen MR) is 280 cm³/mol. The van der Waals surface area contributed by atoms with Crippen molar-refractivity contribution in [2.24, 2.45) is 0 Å². The minimum absolute atomic E-state index is 0.0215. The molecular formula is C63H46N4O2. The molecule has 2 unspecified atom stereocenters. The van der Waals surface area contributed by atoms with Crippen molar-refractivity contribution in [3.8, 4) is 44.5 Å². The average molecular weight is 891 g/mol. The van der Waals surface area contributed by atoms with Gasteiger partial charge in [0.15, 0.2) is 11.6 Å². The highest BCUT2D eigenvalue weighted by atomic mass is 16.1. The second kappa shape index (κ2) is 15.3. The molecule has 330 valence electrons. The third-order valence-electron chi connectivity index (χ3n) is 15.0. The van der Waals surface area contributed by atoms with E-state index in [1.165, 1.54) is 16.7 Å². The molecule has 69 heavy (non-hydrogen) atoms. The van der Waals surface area contributed by atoms with Gasteiger partial charge in [-0.1, -0.05) is 126 Å². The number of aromatic nitrogens is 4. The lowest BCUT2D eigenvalue weighted by atomic mass is 9.57. The normalized spacial score (nSPS) is 16.6. The molecule has 6 heteroatoms. The molecule has 0 radical (unpaired) electrons. The summed E-state index contributed by atoms with van der Waals surface area (Å²) in [6.45, 7) is 9.92. The molecule has 6 aliphatic rings. The minimum Gasteiger partial charge on any atom is -0.354 e. The molecule has 3 aromatic heterocycles. The van der Waals surface area contributed by atoms with E-state index in [2.05, 4.69) is 182 Å². The molecule has 4 aliphatic carbocycles. The Morgan fingerprint density at radius 3 is 1.06 bits per heavy atom. The van der Waals surface area contributed by atoms with Crippen molar-refractivity contribution in [1.82, 2.24) is 19.9 Å². The van der Waals surface area contributed by atoms with Crippen LogP contribution in [0.25, 0.3) is 90.9 Å². The number of carbonyl (C=O) groups is 2. The van der Waals surface area contributed by atoms with Crippen molar-refractivity contribution in [1.29, 1.82) is 0 Å². The van der Waals surface area contributed by atoms with Crippen molar-refractivity contribution < 1.29 is 9.59 Å². The summed E-state index contributed by atoms with van der Waals surface area (Å²) in [7, 11) is 0. The van der Waals surface area contributed by atoms with E-state index >= 15 is 0 Å².